The molecular formula is C57H54N2. The number of nitrogens with zero attached hydrogens (tertiary/aromatic N) is 2. The Morgan fingerprint density at radius 2 is 0.966 bits per heavy atom. The lowest BCUT2D eigenvalue weighted by Crippen LogP contribution is -2.31. The molecule has 0 N–H and O–H groups in total. The molecule has 59 heavy (non-hydrogen) atoms. The molecule has 0 bridgehead atoms. The first-order valence-electron chi connectivity index (χ1n) is 22.3. The Kier molecular flexibility index (Phi) is 9.06. The van der Waals surface area contributed by atoms with Crippen molar-refractivity contribution in [2.45, 2.75) is 89.0 Å². The van der Waals surface area contributed by atoms with Crippen molar-refractivity contribution in [3.05, 3.63) is 186 Å². The topological polar surface area (TPSA) is 6.48 Å². The average molecular weight is 767 g/mol. The number of fused-ring (bicyclic) bond motifs is 5. The van der Waals surface area contributed by atoms with Gasteiger partial charge in [-0.25, -0.2) is 0 Å². The fourth-order valence-electron chi connectivity index (χ4n) is 11.2. The lowest BCUT2D eigenvalue weighted by Gasteiger charge is -2.35. The number of anilines is 5. The van der Waals surface area contributed by atoms with Crippen LogP contribution in [0.2, 0.25) is 0 Å². The van der Waals surface area contributed by atoms with Crippen LogP contribution < -0.4 is 9.80 Å². The third kappa shape index (κ3) is 6.49. The van der Waals surface area contributed by atoms with Gasteiger partial charge in [-0.2, -0.15) is 0 Å². The lowest BCUT2D eigenvalue weighted by molar-refractivity contribution is 0.641. The minimum absolute atomic E-state index is 0.189. The standard InChI is InChI=1S/C57H54N2/c1-57(2)55-37-51(58(49-29-23-41-15-7-9-17-45(41)35-49)47-25-19-43(20-26-47)39-11-3-4-12-39)31-33-53(55)54-34-32-52(38-56(54)57)59(50-30-24-42-16-8-10-18-46(42)36-50)48-27-21-44(22-28-48)40-13-5-6-14-40/h7-10,15-27,29-40,48H,3-6,11-14,28H2,1-2H3. The van der Waals surface area contributed by atoms with Gasteiger partial charge in [0.1, 0.15) is 0 Å². The Morgan fingerprint density at radius 1 is 0.475 bits per heavy atom. The first-order chi connectivity index (χ1) is 29.0. The molecule has 7 aromatic carbocycles. The fraction of sp³-hybridized carbons (Fsp3) is 0.263. The maximum atomic E-state index is 2.60. The van der Waals surface area contributed by atoms with Gasteiger partial charge in [-0.1, -0.05) is 143 Å². The molecule has 4 aliphatic carbocycles. The summed E-state index contributed by atoms with van der Waals surface area (Å²) < 4.78 is 0. The highest BCUT2D eigenvalue weighted by Gasteiger charge is 2.37. The van der Waals surface area contributed by atoms with Gasteiger partial charge >= 0.3 is 0 Å². The van der Waals surface area contributed by atoms with Crippen LogP contribution >= 0.6 is 0 Å². The SMILES string of the molecule is CC1(C)c2cc(N(c3ccc(C4CCCC4)cc3)c3ccc4ccccc4c3)ccc2-c2ccc(N(c3ccc4ccccc4c3)C3C=CC(C4CCCC4)=CC3)cc21. The highest BCUT2D eigenvalue weighted by molar-refractivity contribution is 5.92. The van der Waals surface area contributed by atoms with E-state index in [9.17, 15) is 0 Å². The zero-order valence-electron chi connectivity index (χ0n) is 34.6. The third-order valence-electron chi connectivity index (χ3n) is 14.4. The summed E-state index contributed by atoms with van der Waals surface area (Å²) >= 11 is 0. The van der Waals surface area contributed by atoms with Gasteiger partial charge in [0.05, 0.1) is 6.04 Å². The van der Waals surface area contributed by atoms with E-state index in [4.69, 9.17) is 0 Å². The molecule has 0 amide bonds. The molecule has 11 rings (SSSR count). The number of allylic oxidation sites excluding steroid dienone is 2. The molecule has 1 unspecified atom stereocenters. The van der Waals surface area contributed by atoms with Gasteiger partial charge in [0.15, 0.2) is 0 Å². The van der Waals surface area contributed by atoms with Crippen LogP contribution in [0.25, 0.3) is 32.7 Å². The summed E-state index contributed by atoms with van der Waals surface area (Å²) in [6.07, 6.45) is 19.2. The molecular weight excluding hydrogens is 713 g/mol. The molecule has 0 aromatic heterocycles. The highest BCUT2D eigenvalue weighted by Crippen LogP contribution is 2.52. The van der Waals surface area contributed by atoms with E-state index in [-0.39, 0.29) is 11.5 Å². The molecule has 0 radical (unpaired) electrons. The fourth-order valence-corrected chi connectivity index (χ4v) is 11.2. The minimum atomic E-state index is -0.189. The molecule has 2 nitrogen and oxygen atoms in total. The van der Waals surface area contributed by atoms with E-state index < -0.39 is 0 Å². The van der Waals surface area contributed by atoms with Crippen molar-refractivity contribution in [2.75, 3.05) is 9.80 Å². The second-order valence-corrected chi connectivity index (χ2v) is 18.3. The van der Waals surface area contributed by atoms with Gasteiger partial charge in [0.2, 0.25) is 0 Å². The van der Waals surface area contributed by atoms with Gasteiger partial charge in [0, 0.05) is 33.9 Å². The van der Waals surface area contributed by atoms with E-state index in [2.05, 4.69) is 187 Å². The van der Waals surface area contributed by atoms with Crippen LogP contribution in [0.15, 0.2) is 169 Å². The Balaban J connectivity index is 0.980. The predicted octanol–water partition coefficient (Wildman–Crippen LogP) is 16.0. The molecule has 0 spiro atoms. The summed E-state index contributed by atoms with van der Waals surface area (Å²) in [6, 6.07) is 55.6. The summed E-state index contributed by atoms with van der Waals surface area (Å²) in [7, 11) is 0. The maximum absolute atomic E-state index is 2.60. The smallest absolute Gasteiger partial charge is 0.0560 e. The summed E-state index contributed by atoms with van der Waals surface area (Å²) in [5.74, 6) is 1.43. The number of hydrogen-bond donors (Lipinski definition) is 0. The zero-order chi connectivity index (χ0) is 39.5. The summed E-state index contributed by atoms with van der Waals surface area (Å²) in [5.41, 5.74) is 14.4. The molecule has 0 saturated heterocycles. The van der Waals surface area contributed by atoms with E-state index in [1.165, 1.54) is 129 Å². The molecule has 4 aliphatic rings. The van der Waals surface area contributed by atoms with Crippen LogP contribution in [0.3, 0.4) is 0 Å². The summed E-state index contributed by atoms with van der Waals surface area (Å²) in [6.45, 7) is 4.86. The second kappa shape index (κ2) is 14.8. The van der Waals surface area contributed by atoms with Gasteiger partial charge in [-0.05, 0) is 160 Å². The molecule has 7 aromatic rings. The molecule has 2 fully saturated rings. The normalized spacial score (nSPS) is 18.6. The second-order valence-electron chi connectivity index (χ2n) is 18.3. The van der Waals surface area contributed by atoms with Crippen LogP contribution in [0.1, 0.15) is 94.2 Å². The van der Waals surface area contributed by atoms with Crippen LogP contribution in [-0.2, 0) is 5.41 Å². The zero-order valence-corrected chi connectivity index (χ0v) is 34.6. The molecule has 1 atom stereocenters. The number of rotatable bonds is 8. The van der Waals surface area contributed by atoms with Crippen molar-refractivity contribution in [3.63, 3.8) is 0 Å². The van der Waals surface area contributed by atoms with Crippen LogP contribution in [0.5, 0.6) is 0 Å². The van der Waals surface area contributed by atoms with E-state index in [0.717, 1.165) is 12.3 Å². The van der Waals surface area contributed by atoms with Crippen LogP contribution in [0.4, 0.5) is 28.4 Å². The van der Waals surface area contributed by atoms with Crippen molar-refractivity contribution in [1.82, 2.24) is 0 Å². The van der Waals surface area contributed by atoms with Gasteiger partial charge in [-0.3, -0.25) is 0 Å². The third-order valence-corrected chi connectivity index (χ3v) is 14.4. The molecule has 2 saturated carbocycles. The van der Waals surface area contributed by atoms with Gasteiger partial charge < -0.3 is 9.80 Å². The van der Waals surface area contributed by atoms with E-state index in [0.29, 0.717) is 5.92 Å². The predicted molar refractivity (Wildman–Crippen MR) is 251 cm³/mol. The molecule has 0 heterocycles. The van der Waals surface area contributed by atoms with Crippen molar-refractivity contribution in [2.24, 2.45) is 5.92 Å². The van der Waals surface area contributed by atoms with Crippen molar-refractivity contribution in [3.8, 4) is 11.1 Å². The minimum Gasteiger partial charge on any atom is -0.334 e. The Bertz CT molecular complexity index is 2760. The first-order valence-corrected chi connectivity index (χ1v) is 22.3. The first kappa shape index (κ1) is 36.2. The van der Waals surface area contributed by atoms with E-state index in [1.54, 1.807) is 5.57 Å². The van der Waals surface area contributed by atoms with Crippen LogP contribution in [0, 0.1) is 5.92 Å². The van der Waals surface area contributed by atoms with Crippen molar-refractivity contribution >= 4 is 50.0 Å². The quantitative estimate of drug-likeness (QED) is 0.152. The summed E-state index contributed by atoms with van der Waals surface area (Å²) in [4.78, 5) is 5.08. The average Bonchev–Trinajstić information content (AvgIpc) is 4.07. The van der Waals surface area contributed by atoms with Gasteiger partial charge in [-0.15, -0.1) is 0 Å². The monoisotopic (exact) mass is 766 g/mol. The lowest BCUT2D eigenvalue weighted by atomic mass is 9.82. The van der Waals surface area contributed by atoms with Crippen molar-refractivity contribution in [1.29, 1.82) is 0 Å². The van der Waals surface area contributed by atoms with E-state index >= 15 is 0 Å². The maximum Gasteiger partial charge on any atom is 0.0560 e. The molecule has 2 heteroatoms. The van der Waals surface area contributed by atoms with Crippen LogP contribution in [-0.4, -0.2) is 6.04 Å². The highest BCUT2D eigenvalue weighted by atomic mass is 15.2. The largest absolute Gasteiger partial charge is 0.334 e. The number of benzene rings is 7. The molecule has 292 valence electrons. The Morgan fingerprint density at radius 3 is 1.59 bits per heavy atom. The Labute approximate surface area is 350 Å². The molecule has 0 aliphatic heterocycles. The van der Waals surface area contributed by atoms with Crippen molar-refractivity contribution < 1.29 is 0 Å². The summed E-state index contributed by atoms with van der Waals surface area (Å²) in [5, 5.41) is 5.08. The van der Waals surface area contributed by atoms with Gasteiger partial charge in [0.25, 0.3) is 0 Å². The van der Waals surface area contributed by atoms with E-state index in [1.807, 2.05) is 0 Å². The Hall–Kier alpha value is -5.86. The number of hydrogen-bond acceptors (Lipinski definition) is 2.